The molecular formula is C16H21FN6. The summed E-state index contributed by atoms with van der Waals surface area (Å²) in [7, 11) is 0. The number of aryl methyl sites for hydroxylation is 1. The van der Waals surface area contributed by atoms with Gasteiger partial charge >= 0.3 is 0 Å². The molecule has 1 unspecified atom stereocenters. The molecule has 0 aromatic carbocycles. The zero-order chi connectivity index (χ0) is 15.8. The molecule has 1 saturated carbocycles. The summed E-state index contributed by atoms with van der Waals surface area (Å²) in [5, 5.41) is 8.44. The van der Waals surface area contributed by atoms with Crippen molar-refractivity contribution < 1.29 is 4.39 Å². The molecule has 1 aliphatic heterocycles. The van der Waals surface area contributed by atoms with Crippen molar-refractivity contribution in [2.24, 2.45) is 0 Å². The lowest BCUT2D eigenvalue weighted by molar-refractivity contribution is 0.461. The summed E-state index contributed by atoms with van der Waals surface area (Å²) in [6, 6.07) is 0.567. The van der Waals surface area contributed by atoms with E-state index in [4.69, 9.17) is 0 Å². The normalized spacial score (nSPS) is 21.7. The van der Waals surface area contributed by atoms with Gasteiger partial charge in [0, 0.05) is 25.0 Å². The smallest absolute Gasteiger partial charge is 0.187 e. The Morgan fingerprint density at radius 3 is 2.91 bits per heavy atom. The van der Waals surface area contributed by atoms with Crippen LogP contribution in [0, 0.1) is 5.82 Å². The Hall–Kier alpha value is -2.05. The average Bonchev–Trinajstić information content (AvgIpc) is 3.32. The summed E-state index contributed by atoms with van der Waals surface area (Å²) >= 11 is 0. The Labute approximate surface area is 134 Å². The number of hydrogen-bond donors (Lipinski definition) is 0. The van der Waals surface area contributed by atoms with Gasteiger partial charge in [-0.3, -0.25) is 0 Å². The summed E-state index contributed by atoms with van der Waals surface area (Å²) in [5.41, 5.74) is 0.485. The van der Waals surface area contributed by atoms with Crippen LogP contribution in [0.25, 0.3) is 0 Å². The van der Waals surface area contributed by atoms with Crippen LogP contribution in [0.15, 0.2) is 12.7 Å². The third-order valence-electron chi connectivity index (χ3n) is 4.81. The molecule has 1 saturated heterocycles. The molecule has 0 spiro atoms. The summed E-state index contributed by atoms with van der Waals surface area (Å²) in [6.45, 7) is 3.47. The fourth-order valence-corrected chi connectivity index (χ4v) is 3.42. The SMILES string of the molecule is CCc1ncnc(N2CCCC(c3nncn3C3CC3)C2)c1F. The third kappa shape index (κ3) is 2.68. The molecular weight excluding hydrogens is 295 g/mol. The molecule has 0 bridgehead atoms. The predicted molar refractivity (Wildman–Crippen MR) is 83.8 cm³/mol. The Kier molecular flexibility index (Phi) is 3.71. The molecule has 6 nitrogen and oxygen atoms in total. The largest absolute Gasteiger partial charge is 0.353 e. The first-order valence-electron chi connectivity index (χ1n) is 8.41. The van der Waals surface area contributed by atoms with E-state index in [1.165, 1.54) is 19.2 Å². The highest BCUT2D eigenvalue weighted by molar-refractivity contribution is 5.42. The first-order chi connectivity index (χ1) is 11.3. The van der Waals surface area contributed by atoms with Gasteiger partial charge in [-0.05, 0) is 32.1 Å². The molecule has 2 fully saturated rings. The van der Waals surface area contributed by atoms with Gasteiger partial charge in [0.05, 0.1) is 5.69 Å². The lowest BCUT2D eigenvalue weighted by Crippen LogP contribution is -2.36. The minimum Gasteiger partial charge on any atom is -0.353 e. The molecule has 23 heavy (non-hydrogen) atoms. The fraction of sp³-hybridized carbons (Fsp3) is 0.625. The van der Waals surface area contributed by atoms with Gasteiger partial charge in [-0.1, -0.05) is 6.92 Å². The first kappa shape index (κ1) is 14.5. The highest BCUT2D eigenvalue weighted by Crippen LogP contribution is 2.38. The number of rotatable bonds is 4. The second-order valence-corrected chi connectivity index (χ2v) is 6.42. The van der Waals surface area contributed by atoms with E-state index in [0.717, 1.165) is 31.8 Å². The monoisotopic (exact) mass is 316 g/mol. The molecule has 2 aromatic rings. The molecule has 122 valence electrons. The number of piperidine rings is 1. The summed E-state index contributed by atoms with van der Waals surface area (Å²) < 4.78 is 16.8. The van der Waals surface area contributed by atoms with E-state index in [0.29, 0.717) is 24.0 Å². The van der Waals surface area contributed by atoms with Crippen LogP contribution in [-0.4, -0.2) is 37.8 Å². The first-order valence-corrected chi connectivity index (χ1v) is 8.41. The van der Waals surface area contributed by atoms with Crippen LogP contribution in [0.2, 0.25) is 0 Å². The van der Waals surface area contributed by atoms with Crippen LogP contribution in [0.1, 0.15) is 56.1 Å². The van der Waals surface area contributed by atoms with E-state index < -0.39 is 0 Å². The van der Waals surface area contributed by atoms with Crippen molar-refractivity contribution in [2.45, 2.75) is 51.0 Å². The van der Waals surface area contributed by atoms with Gasteiger partial charge in [0.2, 0.25) is 0 Å². The average molecular weight is 316 g/mol. The highest BCUT2D eigenvalue weighted by Gasteiger charge is 2.32. The Balaban J connectivity index is 1.58. The minimum absolute atomic E-state index is 0.278. The summed E-state index contributed by atoms with van der Waals surface area (Å²) in [6.07, 6.45) is 8.38. The van der Waals surface area contributed by atoms with Crippen molar-refractivity contribution in [3.63, 3.8) is 0 Å². The number of hydrogen-bond acceptors (Lipinski definition) is 5. The molecule has 3 heterocycles. The second kappa shape index (κ2) is 5.86. The van der Waals surface area contributed by atoms with Crippen molar-refractivity contribution in [2.75, 3.05) is 18.0 Å². The maximum atomic E-state index is 14.5. The lowest BCUT2D eigenvalue weighted by Gasteiger charge is -2.33. The van der Waals surface area contributed by atoms with Gasteiger partial charge in [-0.15, -0.1) is 10.2 Å². The van der Waals surface area contributed by atoms with E-state index in [9.17, 15) is 4.39 Å². The molecule has 2 aromatic heterocycles. The third-order valence-corrected chi connectivity index (χ3v) is 4.81. The number of aromatic nitrogens is 5. The van der Waals surface area contributed by atoms with Crippen LogP contribution in [0.5, 0.6) is 0 Å². The zero-order valence-electron chi connectivity index (χ0n) is 13.3. The van der Waals surface area contributed by atoms with Crippen molar-refractivity contribution >= 4 is 5.82 Å². The summed E-state index contributed by atoms with van der Waals surface area (Å²) in [4.78, 5) is 10.3. The zero-order valence-corrected chi connectivity index (χ0v) is 13.3. The maximum absolute atomic E-state index is 14.5. The minimum atomic E-state index is -0.278. The van der Waals surface area contributed by atoms with Gasteiger partial charge in [0.25, 0.3) is 0 Å². The fourth-order valence-electron chi connectivity index (χ4n) is 3.42. The number of nitrogens with zero attached hydrogens (tertiary/aromatic N) is 6. The van der Waals surface area contributed by atoms with Crippen LogP contribution < -0.4 is 4.90 Å². The van der Waals surface area contributed by atoms with Crippen LogP contribution in [0.3, 0.4) is 0 Å². The molecule has 0 radical (unpaired) electrons. The van der Waals surface area contributed by atoms with E-state index in [1.807, 2.05) is 18.2 Å². The van der Waals surface area contributed by atoms with Gasteiger partial charge < -0.3 is 9.47 Å². The Morgan fingerprint density at radius 1 is 1.26 bits per heavy atom. The van der Waals surface area contributed by atoms with Crippen LogP contribution in [0.4, 0.5) is 10.2 Å². The van der Waals surface area contributed by atoms with Crippen LogP contribution >= 0.6 is 0 Å². The Bertz CT molecular complexity index is 696. The number of halogens is 1. The Morgan fingerprint density at radius 2 is 2.13 bits per heavy atom. The summed E-state index contributed by atoms with van der Waals surface area (Å²) in [5.74, 6) is 1.48. The predicted octanol–water partition coefficient (Wildman–Crippen LogP) is 2.49. The van der Waals surface area contributed by atoms with Crippen molar-refractivity contribution in [3.05, 3.63) is 30.0 Å². The highest BCUT2D eigenvalue weighted by atomic mass is 19.1. The lowest BCUT2D eigenvalue weighted by atomic mass is 9.97. The molecule has 2 aliphatic rings. The molecule has 0 amide bonds. The van der Waals surface area contributed by atoms with Crippen molar-refractivity contribution in [3.8, 4) is 0 Å². The van der Waals surface area contributed by atoms with E-state index in [2.05, 4.69) is 24.7 Å². The molecule has 4 rings (SSSR count). The van der Waals surface area contributed by atoms with Gasteiger partial charge in [0.1, 0.15) is 18.5 Å². The number of anilines is 1. The second-order valence-electron chi connectivity index (χ2n) is 6.42. The van der Waals surface area contributed by atoms with E-state index in [1.54, 1.807) is 0 Å². The molecule has 7 heteroatoms. The van der Waals surface area contributed by atoms with Gasteiger partial charge in [0.15, 0.2) is 11.6 Å². The topological polar surface area (TPSA) is 59.7 Å². The standard InChI is InChI=1S/C16H21FN6/c1-2-13-14(17)16(19-9-18-13)22-7-3-4-11(8-22)15-21-20-10-23(15)12-5-6-12/h9-12H,2-8H2,1H3. The van der Waals surface area contributed by atoms with Crippen molar-refractivity contribution in [1.29, 1.82) is 0 Å². The maximum Gasteiger partial charge on any atom is 0.187 e. The van der Waals surface area contributed by atoms with E-state index in [-0.39, 0.29) is 11.7 Å². The molecule has 1 atom stereocenters. The van der Waals surface area contributed by atoms with Crippen LogP contribution in [-0.2, 0) is 6.42 Å². The van der Waals surface area contributed by atoms with Gasteiger partial charge in [-0.2, -0.15) is 0 Å². The van der Waals surface area contributed by atoms with E-state index >= 15 is 0 Å². The molecule has 1 aliphatic carbocycles. The van der Waals surface area contributed by atoms with Gasteiger partial charge in [-0.25, -0.2) is 14.4 Å². The molecule has 0 N–H and O–H groups in total. The quantitative estimate of drug-likeness (QED) is 0.867. The van der Waals surface area contributed by atoms with Crippen molar-refractivity contribution in [1.82, 2.24) is 24.7 Å².